The van der Waals surface area contributed by atoms with Crippen LogP contribution >= 0.6 is 0 Å². The molecule has 0 heteroatoms. The molecule has 0 N–H and O–H groups in total. The molecule has 53 heavy (non-hydrogen) atoms. The van der Waals surface area contributed by atoms with E-state index in [-0.39, 0.29) is 16.2 Å². The van der Waals surface area contributed by atoms with Gasteiger partial charge in [-0.05, 0) is 134 Å². The van der Waals surface area contributed by atoms with Crippen molar-refractivity contribution in [2.75, 3.05) is 0 Å². The molecule has 1 spiro atoms. The molecule has 4 aromatic rings. The maximum atomic E-state index is 2.72. The van der Waals surface area contributed by atoms with Gasteiger partial charge in [0.1, 0.15) is 0 Å². The van der Waals surface area contributed by atoms with E-state index in [2.05, 4.69) is 116 Å². The van der Waals surface area contributed by atoms with E-state index in [0.29, 0.717) is 0 Å². The monoisotopic (exact) mass is 701 g/mol. The molecule has 3 fully saturated rings. The minimum absolute atomic E-state index is 0.00705. The molecule has 6 aliphatic rings. The standard InChI is InChI=1S/C53H64/c1-31(2)45-41(34-17-11-9-12-18-34)29-53(30-42(45)35-19-13-10-14-20-35)44-26-25-39-48(46(44)38-24-23-36-33(4)27-32(3)28-40(36)47(38)53)52(7,8)49-37-21-15-16-22-43(37)51(5,6)50(39)49/h15-16,21-28,31,34-35,41-42,45H,9-14,17-20,29-30H2,1-8H3. The summed E-state index contributed by atoms with van der Waals surface area (Å²) < 4.78 is 0. The van der Waals surface area contributed by atoms with Crippen LogP contribution in [0.3, 0.4) is 0 Å². The van der Waals surface area contributed by atoms with Gasteiger partial charge in [0.05, 0.1) is 0 Å². The molecule has 0 nitrogen and oxygen atoms in total. The van der Waals surface area contributed by atoms with Crippen LogP contribution in [0.1, 0.15) is 163 Å². The van der Waals surface area contributed by atoms with Gasteiger partial charge in [0, 0.05) is 16.2 Å². The summed E-state index contributed by atoms with van der Waals surface area (Å²) in [5, 5.41) is 3.06. The highest BCUT2D eigenvalue weighted by Crippen LogP contribution is 2.70. The van der Waals surface area contributed by atoms with Crippen LogP contribution in [0.4, 0.5) is 0 Å². The number of hydrogen-bond acceptors (Lipinski definition) is 0. The molecule has 0 saturated heterocycles. The number of aryl methyl sites for hydroxylation is 2. The molecule has 2 atom stereocenters. The van der Waals surface area contributed by atoms with Gasteiger partial charge in [-0.1, -0.05) is 172 Å². The fraction of sp³-hybridized carbons (Fsp3) is 0.547. The van der Waals surface area contributed by atoms with Gasteiger partial charge in [0.25, 0.3) is 0 Å². The Hall–Kier alpha value is -3.12. The Morgan fingerprint density at radius 2 is 1.17 bits per heavy atom. The fourth-order valence-corrected chi connectivity index (χ4v) is 14.8. The molecule has 0 amide bonds. The lowest BCUT2D eigenvalue weighted by molar-refractivity contribution is -0.0164. The maximum Gasteiger partial charge on any atom is 0.0227 e. The first-order chi connectivity index (χ1) is 25.4. The van der Waals surface area contributed by atoms with Crippen LogP contribution < -0.4 is 0 Å². The van der Waals surface area contributed by atoms with E-state index in [1.54, 1.807) is 44.3 Å². The first kappa shape index (κ1) is 34.4. The van der Waals surface area contributed by atoms with Crippen molar-refractivity contribution in [3.63, 3.8) is 0 Å². The van der Waals surface area contributed by atoms with Crippen LogP contribution in [0.2, 0.25) is 0 Å². The van der Waals surface area contributed by atoms with Crippen LogP contribution in [-0.4, -0.2) is 0 Å². The number of rotatable bonds is 3. The second-order valence-corrected chi connectivity index (χ2v) is 20.6. The molecular formula is C53H64. The number of fused-ring (bicyclic) bond motifs is 12. The first-order valence-corrected chi connectivity index (χ1v) is 22.0. The second-order valence-electron chi connectivity index (χ2n) is 20.6. The predicted molar refractivity (Wildman–Crippen MR) is 227 cm³/mol. The summed E-state index contributed by atoms with van der Waals surface area (Å²) in [6, 6.07) is 24.9. The Morgan fingerprint density at radius 3 is 1.81 bits per heavy atom. The third kappa shape index (κ3) is 4.66. The summed E-state index contributed by atoms with van der Waals surface area (Å²) in [6.45, 7) is 20.1. The minimum Gasteiger partial charge on any atom is -0.0625 e. The number of hydrogen-bond donors (Lipinski definition) is 0. The Morgan fingerprint density at radius 1 is 0.566 bits per heavy atom. The molecule has 0 radical (unpaired) electrons. The SMILES string of the molecule is Cc1cc(C)c2ccc3c(c2c1)C1(CC(C2CCCCC2)C(C(C)C)C(C2CCCCC2)C1)c1ccc2c(c1-3)C(C)(C)C1=C2C(C)(C)c2ccccc21. The van der Waals surface area contributed by atoms with Crippen LogP contribution in [0.25, 0.3) is 33.0 Å². The van der Waals surface area contributed by atoms with Gasteiger partial charge >= 0.3 is 0 Å². The van der Waals surface area contributed by atoms with E-state index < -0.39 is 0 Å². The third-order valence-corrected chi connectivity index (χ3v) is 16.7. The molecule has 276 valence electrons. The van der Waals surface area contributed by atoms with Gasteiger partial charge in [-0.3, -0.25) is 0 Å². The summed E-state index contributed by atoms with van der Waals surface area (Å²) in [5.41, 5.74) is 18.9. The van der Waals surface area contributed by atoms with Gasteiger partial charge in [-0.2, -0.15) is 0 Å². The summed E-state index contributed by atoms with van der Waals surface area (Å²) in [4.78, 5) is 0. The zero-order valence-corrected chi connectivity index (χ0v) is 34.2. The van der Waals surface area contributed by atoms with Gasteiger partial charge in [0.15, 0.2) is 0 Å². The normalized spacial score (nSPS) is 28.7. The first-order valence-electron chi connectivity index (χ1n) is 22.0. The summed E-state index contributed by atoms with van der Waals surface area (Å²) >= 11 is 0. The molecule has 0 aliphatic heterocycles. The Bertz CT molecular complexity index is 2140. The lowest BCUT2D eigenvalue weighted by atomic mass is 9.49. The molecule has 4 aromatic carbocycles. The quantitative estimate of drug-likeness (QED) is 0.200. The lowest BCUT2D eigenvalue weighted by Gasteiger charge is -2.55. The largest absolute Gasteiger partial charge is 0.0625 e. The van der Waals surface area contributed by atoms with Gasteiger partial charge < -0.3 is 0 Å². The molecule has 0 bridgehead atoms. The summed E-state index contributed by atoms with van der Waals surface area (Å²) in [7, 11) is 0. The zero-order chi connectivity index (χ0) is 36.6. The van der Waals surface area contributed by atoms with E-state index in [4.69, 9.17) is 0 Å². The highest BCUT2D eigenvalue weighted by atomic mass is 14.6. The summed E-state index contributed by atoms with van der Waals surface area (Å²) in [5.74, 6) is 4.93. The highest BCUT2D eigenvalue weighted by molar-refractivity contribution is 6.12. The van der Waals surface area contributed by atoms with Crippen molar-refractivity contribution in [2.24, 2.45) is 35.5 Å². The van der Waals surface area contributed by atoms with Crippen molar-refractivity contribution in [2.45, 2.75) is 149 Å². The average molecular weight is 701 g/mol. The highest BCUT2D eigenvalue weighted by Gasteiger charge is 2.58. The van der Waals surface area contributed by atoms with Crippen molar-refractivity contribution in [1.82, 2.24) is 0 Å². The smallest absolute Gasteiger partial charge is 0.0227 e. The van der Waals surface area contributed by atoms with Crippen molar-refractivity contribution in [1.29, 1.82) is 0 Å². The van der Waals surface area contributed by atoms with E-state index in [1.165, 1.54) is 110 Å². The van der Waals surface area contributed by atoms with Crippen LogP contribution in [-0.2, 0) is 16.2 Å². The summed E-state index contributed by atoms with van der Waals surface area (Å²) in [6.07, 6.45) is 17.2. The second kappa shape index (κ2) is 11.9. The molecule has 2 unspecified atom stereocenters. The Balaban J connectivity index is 1.27. The van der Waals surface area contributed by atoms with E-state index in [1.807, 2.05) is 0 Å². The van der Waals surface area contributed by atoms with Crippen molar-refractivity contribution in [3.05, 3.63) is 105 Å². The molecule has 6 aliphatic carbocycles. The minimum atomic E-state index is -0.0686. The molecule has 0 heterocycles. The van der Waals surface area contributed by atoms with E-state index in [0.717, 1.165) is 35.5 Å². The number of benzene rings is 4. The lowest BCUT2D eigenvalue weighted by Crippen LogP contribution is -2.49. The van der Waals surface area contributed by atoms with Crippen LogP contribution in [0, 0.1) is 49.4 Å². The van der Waals surface area contributed by atoms with Gasteiger partial charge in [-0.25, -0.2) is 0 Å². The average Bonchev–Trinajstić information content (AvgIpc) is 3.67. The van der Waals surface area contributed by atoms with Crippen molar-refractivity contribution in [3.8, 4) is 11.1 Å². The van der Waals surface area contributed by atoms with Crippen molar-refractivity contribution >= 4 is 21.9 Å². The van der Waals surface area contributed by atoms with Crippen molar-refractivity contribution < 1.29 is 0 Å². The van der Waals surface area contributed by atoms with Gasteiger partial charge in [0.2, 0.25) is 0 Å². The van der Waals surface area contributed by atoms with E-state index in [9.17, 15) is 0 Å². The van der Waals surface area contributed by atoms with Crippen LogP contribution in [0.5, 0.6) is 0 Å². The molecule has 3 saturated carbocycles. The van der Waals surface area contributed by atoms with Crippen LogP contribution in [0.15, 0.2) is 60.7 Å². The number of allylic oxidation sites excluding steroid dienone is 2. The Labute approximate surface area is 321 Å². The predicted octanol–water partition coefficient (Wildman–Crippen LogP) is 14.7. The molecule has 10 rings (SSSR count). The molecular weight excluding hydrogens is 637 g/mol. The third-order valence-electron chi connectivity index (χ3n) is 16.7. The zero-order valence-electron chi connectivity index (χ0n) is 34.2. The maximum absolute atomic E-state index is 2.72. The Kier molecular flexibility index (Phi) is 7.74. The topological polar surface area (TPSA) is 0 Å². The van der Waals surface area contributed by atoms with Gasteiger partial charge in [-0.15, -0.1) is 0 Å². The molecule has 0 aromatic heterocycles. The van der Waals surface area contributed by atoms with E-state index >= 15 is 0 Å². The fourth-order valence-electron chi connectivity index (χ4n) is 14.8.